The molecule has 0 aromatic carbocycles. The predicted octanol–water partition coefficient (Wildman–Crippen LogP) is -0.207. The third-order valence-corrected chi connectivity index (χ3v) is 3.23. The van der Waals surface area contributed by atoms with Crippen LogP contribution in [0.4, 0.5) is 5.82 Å². The number of aliphatic hydroxyl groups is 1. The van der Waals surface area contributed by atoms with Gasteiger partial charge >= 0.3 is 5.82 Å². The number of rotatable bonds is 5. The number of nitro groups is 1. The molecule has 0 saturated carbocycles. The van der Waals surface area contributed by atoms with E-state index in [1.807, 2.05) is 0 Å². The molecule has 0 radical (unpaired) electrons. The molecule has 1 saturated heterocycles. The van der Waals surface area contributed by atoms with Crippen molar-refractivity contribution in [3.63, 3.8) is 0 Å². The summed E-state index contributed by atoms with van der Waals surface area (Å²) in [4.78, 5) is 16.0. The Morgan fingerprint density at radius 2 is 2.21 bits per heavy atom. The maximum Gasteiger partial charge on any atom is 0.384 e. The standard InChI is InChI=1S/C11H18N4O4/c1-9-11(15(17)18)12-8-14(9)7-10(16)6-13-2-4-19-5-3-13/h8,10,16H,2-7H2,1H3. The van der Waals surface area contributed by atoms with E-state index in [-0.39, 0.29) is 5.82 Å². The van der Waals surface area contributed by atoms with Crippen LogP contribution >= 0.6 is 0 Å². The summed E-state index contributed by atoms with van der Waals surface area (Å²) in [5, 5.41) is 20.7. The SMILES string of the molecule is Cc1c([N+](=O)[O-])ncn1CC(O)CN1CCOCC1. The first-order valence-electron chi connectivity index (χ1n) is 6.22. The van der Waals surface area contributed by atoms with Crippen molar-refractivity contribution in [2.45, 2.75) is 19.6 Å². The van der Waals surface area contributed by atoms with Crippen molar-refractivity contribution in [2.75, 3.05) is 32.8 Å². The molecule has 1 N–H and O–H groups in total. The van der Waals surface area contributed by atoms with Gasteiger partial charge in [0.05, 0.1) is 25.9 Å². The van der Waals surface area contributed by atoms with Crippen LogP contribution in [-0.2, 0) is 11.3 Å². The fourth-order valence-electron chi connectivity index (χ4n) is 2.16. The van der Waals surface area contributed by atoms with Gasteiger partial charge in [0.2, 0.25) is 6.33 Å². The van der Waals surface area contributed by atoms with Gasteiger partial charge in [0, 0.05) is 19.6 Å². The highest BCUT2D eigenvalue weighted by molar-refractivity contribution is 5.25. The second-order valence-electron chi connectivity index (χ2n) is 4.63. The first-order chi connectivity index (χ1) is 9.08. The molecule has 106 valence electrons. The minimum Gasteiger partial charge on any atom is -0.390 e. The van der Waals surface area contributed by atoms with Gasteiger partial charge in [-0.2, -0.15) is 0 Å². The lowest BCUT2D eigenvalue weighted by atomic mass is 10.3. The summed E-state index contributed by atoms with van der Waals surface area (Å²) in [6.07, 6.45) is 0.821. The maximum absolute atomic E-state index is 10.7. The van der Waals surface area contributed by atoms with E-state index in [4.69, 9.17) is 4.74 Å². The van der Waals surface area contributed by atoms with E-state index in [1.54, 1.807) is 11.5 Å². The molecule has 1 atom stereocenters. The van der Waals surface area contributed by atoms with Gasteiger partial charge in [0.15, 0.2) is 0 Å². The van der Waals surface area contributed by atoms with Crippen molar-refractivity contribution >= 4 is 5.82 Å². The zero-order chi connectivity index (χ0) is 13.8. The fraction of sp³-hybridized carbons (Fsp3) is 0.727. The van der Waals surface area contributed by atoms with Crippen molar-refractivity contribution in [1.29, 1.82) is 0 Å². The Balaban J connectivity index is 1.91. The molecule has 1 aliphatic heterocycles. The number of morpholine rings is 1. The number of aromatic nitrogens is 2. The predicted molar refractivity (Wildman–Crippen MR) is 66.9 cm³/mol. The molecule has 0 bridgehead atoms. The summed E-state index contributed by atoms with van der Waals surface area (Å²) >= 11 is 0. The molecule has 1 unspecified atom stereocenters. The largest absolute Gasteiger partial charge is 0.390 e. The van der Waals surface area contributed by atoms with E-state index in [0.717, 1.165) is 13.1 Å². The number of nitrogens with zero attached hydrogens (tertiary/aromatic N) is 4. The Bertz CT molecular complexity index is 442. The monoisotopic (exact) mass is 270 g/mol. The molecule has 0 spiro atoms. The third-order valence-electron chi connectivity index (χ3n) is 3.23. The van der Waals surface area contributed by atoms with Crippen LogP contribution in [-0.4, -0.2) is 63.4 Å². The Hall–Kier alpha value is -1.51. The summed E-state index contributed by atoms with van der Waals surface area (Å²) in [5.41, 5.74) is 0.464. The van der Waals surface area contributed by atoms with Crippen LogP contribution in [0.25, 0.3) is 0 Å². The molecule has 1 aromatic heterocycles. The van der Waals surface area contributed by atoms with Crippen LogP contribution in [0.1, 0.15) is 5.69 Å². The number of hydrogen-bond donors (Lipinski definition) is 1. The molecule has 0 amide bonds. The summed E-state index contributed by atoms with van der Waals surface area (Å²) in [6, 6.07) is 0. The molecule has 8 heteroatoms. The molecule has 19 heavy (non-hydrogen) atoms. The average molecular weight is 270 g/mol. The Morgan fingerprint density at radius 3 is 2.79 bits per heavy atom. The van der Waals surface area contributed by atoms with Crippen molar-refractivity contribution in [1.82, 2.24) is 14.5 Å². The first kappa shape index (κ1) is 13.9. The number of hydrogen-bond acceptors (Lipinski definition) is 6. The Kier molecular flexibility index (Phi) is 4.46. The van der Waals surface area contributed by atoms with Gasteiger partial charge in [0.25, 0.3) is 0 Å². The molecule has 0 aliphatic carbocycles. The second kappa shape index (κ2) is 6.09. The van der Waals surface area contributed by atoms with E-state index in [2.05, 4.69) is 9.88 Å². The molecule has 1 fully saturated rings. The lowest BCUT2D eigenvalue weighted by Gasteiger charge is -2.28. The van der Waals surface area contributed by atoms with Crippen LogP contribution in [0, 0.1) is 17.0 Å². The zero-order valence-electron chi connectivity index (χ0n) is 10.9. The number of β-amino-alcohol motifs (C(OH)–C–C–N with tert-alkyl or cyclic N) is 1. The van der Waals surface area contributed by atoms with Gasteiger partial charge in [-0.05, 0) is 16.8 Å². The summed E-state index contributed by atoms with van der Waals surface area (Å²) in [7, 11) is 0. The van der Waals surface area contributed by atoms with Gasteiger partial charge < -0.3 is 24.5 Å². The highest BCUT2D eigenvalue weighted by Crippen LogP contribution is 2.15. The van der Waals surface area contributed by atoms with Crippen molar-refractivity contribution in [3.8, 4) is 0 Å². The lowest BCUT2D eigenvalue weighted by Crippen LogP contribution is -2.42. The van der Waals surface area contributed by atoms with Crippen LogP contribution in [0.2, 0.25) is 0 Å². The van der Waals surface area contributed by atoms with E-state index >= 15 is 0 Å². The molecule has 2 heterocycles. The number of aliphatic hydroxyl groups excluding tert-OH is 1. The van der Waals surface area contributed by atoms with Crippen LogP contribution < -0.4 is 0 Å². The molecule has 2 rings (SSSR count). The number of imidazole rings is 1. The van der Waals surface area contributed by atoms with Gasteiger partial charge in [0.1, 0.15) is 5.69 Å². The molecule has 1 aliphatic rings. The first-order valence-corrected chi connectivity index (χ1v) is 6.22. The molecule has 1 aromatic rings. The van der Waals surface area contributed by atoms with E-state index < -0.39 is 11.0 Å². The van der Waals surface area contributed by atoms with Gasteiger partial charge in [-0.3, -0.25) is 4.90 Å². The minimum atomic E-state index is -0.578. The average Bonchev–Trinajstić information content (AvgIpc) is 2.72. The Labute approximate surface area is 110 Å². The van der Waals surface area contributed by atoms with Crippen molar-refractivity contribution in [2.24, 2.45) is 0 Å². The second-order valence-corrected chi connectivity index (χ2v) is 4.63. The summed E-state index contributed by atoms with van der Waals surface area (Å²) < 4.78 is 6.85. The van der Waals surface area contributed by atoms with Crippen molar-refractivity contribution < 1.29 is 14.8 Å². The van der Waals surface area contributed by atoms with Crippen LogP contribution in [0.3, 0.4) is 0 Å². The van der Waals surface area contributed by atoms with Gasteiger partial charge in [-0.15, -0.1) is 0 Å². The third kappa shape index (κ3) is 3.49. The Morgan fingerprint density at radius 1 is 1.53 bits per heavy atom. The number of ether oxygens (including phenoxy) is 1. The zero-order valence-corrected chi connectivity index (χ0v) is 10.9. The quantitative estimate of drug-likeness (QED) is 0.588. The maximum atomic E-state index is 10.7. The molecular weight excluding hydrogens is 252 g/mol. The highest BCUT2D eigenvalue weighted by Gasteiger charge is 2.20. The van der Waals surface area contributed by atoms with Gasteiger partial charge in [-0.25, -0.2) is 0 Å². The van der Waals surface area contributed by atoms with Crippen LogP contribution in [0.5, 0.6) is 0 Å². The topological polar surface area (TPSA) is 93.7 Å². The summed E-state index contributed by atoms with van der Waals surface area (Å²) in [6.45, 7) is 5.45. The van der Waals surface area contributed by atoms with E-state index in [9.17, 15) is 15.2 Å². The smallest absolute Gasteiger partial charge is 0.384 e. The lowest BCUT2D eigenvalue weighted by molar-refractivity contribution is -0.389. The summed E-state index contributed by atoms with van der Waals surface area (Å²) in [5.74, 6) is -0.154. The van der Waals surface area contributed by atoms with E-state index in [0.29, 0.717) is 32.0 Å². The van der Waals surface area contributed by atoms with E-state index in [1.165, 1.54) is 6.33 Å². The normalized spacial score (nSPS) is 18.4. The van der Waals surface area contributed by atoms with Crippen LogP contribution in [0.15, 0.2) is 6.33 Å². The fourth-order valence-corrected chi connectivity index (χ4v) is 2.16. The molecule has 8 nitrogen and oxygen atoms in total. The van der Waals surface area contributed by atoms with Gasteiger partial charge in [-0.1, -0.05) is 0 Å². The highest BCUT2D eigenvalue weighted by atomic mass is 16.6. The van der Waals surface area contributed by atoms with Crippen molar-refractivity contribution in [3.05, 3.63) is 22.1 Å². The molecular formula is C11H18N4O4. The minimum absolute atomic E-state index is 0.154.